The predicted molar refractivity (Wildman–Crippen MR) is 81.1 cm³/mol. The van der Waals surface area contributed by atoms with Crippen molar-refractivity contribution in [2.75, 3.05) is 31.1 Å². The number of nitrogens with two attached hydrogens (primary N) is 1. The molecule has 4 heteroatoms. The van der Waals surface area contributed by atoms with Crippen molar-refractivity contribution in [2.45, 2.75) is 32.3 Å². The number of halogens is 1. The fourth-order valence-corrected chi connectivity index (χ4v) is 3.00. The van der Waals surface area contributed by atoms with Gasteiger partial charge in [0.1, 0.15) is 0 Å². The Morgan fingerprint density at radius 1 is 1.37 bits per heavy atom. The topological polar surface area (TPSA) is 38.5 Å². The monoisotopic (exact) mass is 282 g/mol. The highest BCUT2D eigenvalue weighted by molar-refractivity contribution is 6.31. The molecule has 19 heavy (non-hydrogen) atoms. The molecule has 1 aliphatic rings. The standard InChI is InChI=1S/C15H23ClN2O/c1-2-19-12-7-10-18(11-8-12)15-5-3-4-14(16)13(15)6-9-17/h3-5,12H,2,6-11,17H2,1H3. The summed E-state index contributed by atoms with van der Waals surface area (Å²) in [6.07, 6.45) is 3.42. The summed E-state index contributed by atoms with van der Waals surface area (Å²) in [6.45, 7) is 5.56. The number of benzene rings is 1. The fraction of sp³-hybridized carbons (Fsp3) is 0.600. The highest BCUT2D eigenvalue weighted by Crippen LogP contribution is 2.30. The molecular formula is C15H23ClN2O. The third kappa shape index (κ3) is 3.62. The molecule has 0 radical (unpaired) electrons. The van der Waals surface area contributed by atoms with Crippen LogP contribution in [-0.4, -0.2) is 32.3 Å². The number of hydrogen-bond acceptors (Lipinski definition) is 3. The summed E-state index contributed by atoms with van der Waals surface area (Å²) in [7, 11) is 0. The van der Waals surface area contributed by atoms with E-state index in [0.29, 0.717) is 12.6 Å². The maximum Gasteiger partial charge on any atom is 0.0608 e. The molecule has 1 heterocycles. The van der Waals surface area contributed by atoms with Crippen LogP contribution in [0.3, 0.4) is 0 Å². The first-order chi connectivity index (χ1) is 9.26. The number of piperidine rings is 1. The van der Waals surface area contributed by atoms with Crippen molar-refractivity contribution in [1.82, 2.24) is 0 Å². The van der Waals surface area contributed by atoms with E-state index in [0.717, 1.165) is 44.0 Å². The van der Waals surface area contributed by atoms with Crippen LogP contribution in [-0.2, 0) is 11.2 Å². The maximum absolute atomic E-state index is 6.30. The highest BCUT2D eigenvalue weighted by atomic mass is 35.5. The van der Waals surface area contributed by atoms with E-state index in [2.05, 4.69) is 17.9 Å². The van der Waals surface area contributed by atoms with E-state index in [9.17, 15) is 0 Å². The molecular weight excluding hydrogens is 260 g/mol. The first-order valence-electron chi connectivity index (χ1n) is 7.10. The molecule has 0 amide bonds. The van der Waals surface area contributed by atoms with E-state index in [-0.39, 0.29) is 0 Å². The Balaban J connectivity index is 2.08. The maximum atomic E-state index is 6.30. The summed E-state index contributed by atoms with van der Waals surface area (Å²) in [6, 6.07) is 6.12. The van der Waals surface area contributed by atoms with Gasteiger partial charge in [0, 0.05) is 30.4 Å². The zero-order valence-corrected chi connectivity index (χ0v) is 12.3. The minimum absolute atomic E-state index is 0.415. The molecule has 1 saturated heterocycles. The Labute approximate surface area is 120 Å². The van der Waals surface area contributed by atoms with Crippen LogP contribution < -0.4 is 10.6 Å². The van der Waals surface area contributed by atoms with Gasteiger partial charge in [-0.05, 0) is 50.4 Å². The lowest BCUT2D eigenvalue weighted by Gasteiger charge is -2.34. The van der Waals surface area contributed by atoms with Gasteiger partial charge >= 0.3 is 0 Å². The lowest BCUT2D eigenvalue weighted by Crippen LogP contribution is -2.37. The van der Waals surface area contributed by atoms with Crippen LogP contribution in [0.15, 0.2) is 18.2 Å². The summed E-state index contributed by atoms with van der Waals surface area (Å²) in [5.41, 5.74) is 8.12. The average Bonchev–Trinajstić information content (AvgIpc) is 2.43. The average molecular weight is 283 g/mol. The molecule has 0 bridgehead atoms. The van der Waals surface area contributed by atoms with Gasteiger partial charge in [-0.25, -0.2) is 0 Å². The molecule has 0 aliphatic carbocycles. The van der Waals surface area contributed by atoms with Crippen LogP contribution in [0.5, 0.6) is 0 Å². The third-order valence-electron chi connectivity index (χ3n) is 3.67. The molecule has 2 N–H and O–H groups in total. The zero-order chi connectivity index (χ0) is 13.7. The van der Waals surface area contributed by atoms with Crippen molar-refractivity contribution in [3.05, 3.63) is 28.8 Å². The second kappa shape index (κ2) is 7.13. The molecule has 0 unspecified atom stereocenters. The minimum atomic E-state index is 0.415. The largest absolute Gasteiger partial charge is 0.378 e. The first kappa shape index (κ1) is 14.6. The van der Waals surface area contributed by atoms with Crippen LogP contribution in [0.25, 0.3) is 0 Å². The lowest BCUT2D eigenvalue weighted by molar-refractivity contribution is 0.0459. The van der Waals surface area contributed by atoms with Gasteiger partial charge in [-0.3, -0.25) is 0 Å². The summed E-state index contributed by atoms with van der Waals surface area (Å²) >= 11 is 6.30. The zero-order valence-electron chi connectivity index (χ0n) is 11.6. The molecule has 106 valence electrons. The molecule has 1 aromatic rings. The Morgan fingerprint density at radius 3 is 2.74 bits per heavy atom. The van der Waals surface area contributed by atoms with Crippen molar-refractivity contribution in [1.29, 1.82) is 0 Å². The molecule has 0 saturated carbocycles. The van der Waals surface area contributed by atoms with E-state index < -0.39 is 0 Å². The molecule has 0 spiro atoms. The van der Waals surface area contributed by atoms with Gasteiger partial charge < -0.3 is 15.4 Å². The van der Waals surface area contributed by atoms with Crippen LogP contribution in [0, 0.1) is 0 Å². The Bertz CT molecular complexity index is 403. The quantitative estimate of drug-likeness (QED) is 0.902. The number of nitrogens with zero attached hydrogens (tertiary/aromatic N) is 1. The summed E-state index contributed by atoms with van der Waals surface area (Å²) in [4.78, 5) is 2.41. The van der Waals surface area contributed by atoms with E-state index in [1.165, 1.54) is 11.3 Å². The molecule has 1 aliphatic heterocycles. The number of rotatable bonds is 5. The molecule has 0 aromatic heterocycles. The van der Waals surface area contributed by atoms with Crippen molar-refractivity contribution in [3.8, 4) is 0 Å². The van der Waals surface area contributed by atoms with Gasteiger partial charge in [-0.15, -0.1) is 0 Å². The van der Waals surface area contributed by atoms with Gasteiger partial charge in [-0.2, -0.15) is 0 Å². The van der Waals surface area contributed by atoms with Crippen molar-refractivity contribution >= 4 is 17.3 Å². The van der Waals surface area contributed by atoms with Gasteiger partial charge in [-0.1, -0.05) is 17.7 Å². The first-order valence-corrected chi connectivity index (χ1v) is 7.48. The molecule has 2 rings (SSSR count). The summed E-state index contributed by atoms with van der Waals surface area (Å²) in [5.74, 6) is 0. The predicted octanol–water partition coefficient (Wildman–Crippen LogP) is 2.85. The third-order valence-corrected chi connectivity index (χ3v) is 4.03. The molecule has 0 atom stereocenters. The Kier molecular flexibility index (Phi) is 5.49. The highest BCUT2D eigenvalue weighted by Gasteiger charge is 2.21. The SMILES string of the molecule is CCOC1CCN(c2cccc(Cl)c2CCN)CC1. The number of ether oxygens (including phenoxy) is 1. The Morgan fingerprint density at radius 2 is 2.11 bits per heavy atom. The molecule has 1 aromatic carbocycles. The van der Waals surface area contributed by atoms with E-state index in [4.69, 9.17) is 22.1 Å². The smallest absolute Gasteiger partial charge is 0.0608 e. The van der Waals surface area contributed by atoms with E-state index in [1.807, 2.05) is 12.1 Å². The molecule has 3 nitrogen and oxygen atoms in total. The van der Waals surface area contributed by atoms with E-state index >= 15 is 0 Å². The van der Waals surface area contributed by atoms with Gasteiger partial charge in [0.05, 0.1) is 6.10 Å². The van der Waals surface area contributed by atoms with Crippen LogP contribution >= 0.6 is 11.6 Å². The summed E-state index contributed by atoms with van der Waals surface area (Å²) in [5, 5.41) is 0.829. The van der Waals surface area contributed by atoms with Crippen molar-refractivity contribution in [3.63, 3.8) is 0 Å². The lowest BCUT2D eigenvalue weighted by atomic mass is 10.0. The van der Waals surface area contributed by atoms with Crippen LogP contribution in [0.4, 0.5) is 5.69 Å². The van der Waals surface area contributed by atoms with Crippen LogP contribution in [0.2, 0.25) is 5.02 Å². The van der Waals surface area contributed by atoms with Crippen molar-refractivity contribution < 1.29 is 4.74 Å². The second-order valence-electron chi connectivity index (χ2n) is 4.92. The normalized spacial score (nSPS) is 16.9. The number of hydrogen-bond donors (Lipinski definition) is 1. The van der Waals surface area contributed by atoms with Crippen LogP contribution in [0.1, 0.15) is 25.3 Å². The van der Waals surface area contributed by atoms with Gasteiger partial charge in [0.25, 0.3) is 0 Å². The fourth-order valence-electron chi connectivity index (χ4n) is 2.73. The van der Waals surface area contributed by atoms with E-state index in [1.54, 1.807) is 0 Å². The van der Waals surface area contributed by atoms with Gasteiger partial charge in [0.15, 0.2) is 0 Å². The second-order valence-corrected chi connectivity index (χ2v) is 5.33. The Hall–Kier alpha value is -0.770. The number of anilines is 1. The van der Waals surface area contributed by atoms with Gasteiger partial charge in [0.2, 0.25) is 0 Å². The minimum Gasteiger partial charge on any atom is -0.378 e. The summed E-state index contributed by atoms with van der Waals surface area (Å²) < 4.78 is 5.70. The molecule has 1 fully saturated rings. The van der Waals surface area contributed by atoms with Crippen molar-refractivity contribution in [2.24, 2.45) is 5.73 Å².